The normalized spacial score (nSPS) is 15.2. The van der Waals surface area contributed by atoms with Crippen LogP contribution < -0.4 is 24.4 Å². The average molecular weight is 649 g/mol. The SMILES string of the molecule is CC.COC(=O)CC1(COc2cc(NC(C(=O)N3CCc4ccc(OC(F)(F)F)cc43)c3ccc(Cl)cc3)cc(OC)c2)CC1. The van der Waals surface area contributed by atoms with Crippen molar-refractivity contribution in [3.63, 3.8) is 0 Å². The fourth-order valence-electron chi connectivity index (χ4n) is 5.07. The van der Waals surface area contributed by atoms with Gasteiger partial charge in [-0.1, -0.05) is 43.6 Å². The van der Waals surface area contributed by atoms with Crippen LogP contribution >= 0.6 is 11.6 Å². The van der Waals surface area contributed by atoms with Crippen molar-refractivity contribution in [2.75, 3.05) is 37.6 Å². The summed E-state index contributed by atoms with van der Waals surface area (Å²) >= 11 is 6.11. The number of esters is 1. The molecule has 0 spiro atoms. The number of hydrogen-bond donors (Lipinski definition) is 1. The van der Waals surface area contributed by atoms with E-state index in [1.807, 2.05) is 13.8 Å². The standard InChI is InChI=1S/C31H30ClF3N2O6.C2H6/c1-40-24-13-22(14-25(15-24)42-18-30(10-11-30)17-27(38)41-2)36-28(20-3-6-21(32)7-4-20)29(39)37-12-9-19-5-8-23(16-26(19)37)43-31(33,34)35;1-2/h3-8,13-16,28,36H,9-12,17-18H2,1-2H3;1-2H3. The second kappa shape index (κ2) is 14.3. The van der Waals surface area contributed by atoms with Gasteiger partial charge in [0.05, 0.1) is 32.9 Å². The first kappa shape index (κ1) is 33.8. The highest BCUT2D eigenvalue weighted by atomic mass is 35.5. The molecule has 45 heavy (non-hydrogen) atoms. The van der Waals surface area contributed by atoms with Crippen LogP contribution in [0.15, 0.2) is 60.7 Å². The van der Waals surface area contributed by atoms with E-state index in [4.69, 9.17) is 25.8 Å². The zero-order chi connectivity index (χ0) is 32.8. The highest BCUT2D eigenvalue weighted by molar-refractivity contribution is 6.30. The summed E-state index contributed by atoms with van der Waals surface area (Å²) in [6, 6.07) is 14.9. The van der Waals surface area contributed by atoms with Gasteiger partial charge in [-0.2, -0.15) is 0 Å². The third-order valence-corrected chi connectivity index (χ3v) is 7.83. The van der Waals surface area contributed by atoms with Crippen LogP contribution in [0.3, 0.4) is 0 Å². The van der Waals surface area contributed by atoms with Gasteiger partial charge in [-0.3, -0.25) is 9.59 Å². The molecule has 242 valence electrons. The number of nitrogens with one attached hydrogen (secondary N) is 1. The quantitative estimate of drug-likeness (QED) is 0.213. The predicted molar refractivity (Wildman–Crippen MR) is 165 cm³/mol. The van der Waals surface area contributed by atoms with E-state index in [-0.39, 0.29) is 30.3 Å². The second-order valence-electron chi connectivity index (χ2n) is 10.6. The molecule has 0 saturated heterocycles. The molecule has 0 bridgehead atoms. The minimum atomic E-state index is -4.86. The molecule has 0 aromatic heterocycles. The Kier molecular flexibility index (Phi) is 10.7. The molecular formula is C33H36ClF3N2O6. The van der Waals surface area contributed by atoms with Crippen molar-refractivity contribution < 1.29 is 41.7 Å². The van der Waals surface area contributed by atoms with Crippen LogP contribution in [0.1, 0.15) is 50.3 Å². The summed E-state index contributed by atoms with van der Waals surface area (Å²) < 4.78 is 59.2. The molecule has 2 aliphatic rings. The van der Waals surface area contributed by atoms with E-state index in [2.05, 4.69) is 10.1 Å². The smallest absolute Gasteiger partial charge is 0.497 e. The summed E-state index contributed by atoms with van der Waals surface area (Å²) in [5.41, 5.74) is 1.90. The topological polar surface area (TPSA) is 86.3 Å². The summed E-state index contributed by atoms with van der Waals surface area (Å²) in [5, 5.41) is 3.74. The maximum absolute atomic E-state index is 14.1. The summed E-state index contributed by atoms with van der Waals surface area (Å²) in [5.74, 6) is -0.136. The lowest BCUT2D eigenvalue weighted by Crippen LogP contribution is -2.37. The van der Waals surface area contributed by atoms with Gasteiger partial charge in [0.2, 0.25) is 0 Å². The Morgan fingerprint density at radius 3 is 2.29 bits per heavy atom. The zero-order valence-corrected chi connectivity index (χ0v) is 26.3. The number of amides is 1. The van der Waals surface area contributed by atoms with E-state index in [1.165, 1.54) is 37.3 Å². The number of methoxy groups -OCH3 is 2. The van der Waals surface area contributed by atoms with Gasteiger partial charge < -0.3 is 29.2 Å². The van der Waals surface area contributed by atoms with Crippen LogP contribution in [0, 0.1) is 5.41 Å². The van der Waals surface area contributed by atoms with E-state index in [9.17, 15) is 22.8 Å². The van der Waals surface area contributed by atoms with Gasteiger partial charge >= 0.3 is 12.3 Å². The van der Waals surface area contributed by atoms with Gasteiger partial charge in [0.25, 0.3) is 5.91 Å². The number of benzene rings is 3. The molecule has 1 heterocycles. The van der Waals surface area contributed by atoms with Gasteiger partial charge in [0.15, 0.2) is 0 Å². The fraction of sp³-hybridized carbons (Fsp3) is 0.394. The van der Waals surface area contributed by atoms with Gasteiger partial charge in [0, 0.05) is 46.9 Å². The molecular weight excluding hydrogens is 613 g/mol. The van der Waals surface area contributed by atoms with Crippen molar-refractivity contribution in [1.82, 2.24) is 0 Å². The molecule has 1 amide bonds. The van der Waals surface area contributed by atoms with E-state index in [1.54, 1.807) is 42.5 Å². The lowest BCUT2D eigenvalue weighted by molar-refractivity contribution is -0.274. The van der Waals surface area contributed by atoms with Gasteiger partial charge in [-0.15, -0.1) is 13.2 Å². The summed E-state index contributed by atoms with van der Waals surface area (Å²) in [6.07, 6.45) is -2.43. The molecule has 1 fully saturated rings. The molecule has 1 N–H and O–H groups in total. The van der Waals surface area contributed by atoms with Crippen LogP contribution in [-0.2, 0) is 20.7 Å². The minimum Gasteiger partial charge on any atom is -0.497 e. The molecule has 1 aliphatic heterocycles. The number of carbonyl (C=O) groups excluding carboxylic acids is 2. The number of nitrogens with zero attached hydrogens (tertiary/aromatic N) is 1. The summed E-state index contributed by atoms with van der Waals surface area (Å²) in [6.45, 7) is 4.59. The highest BCUT2D eigenvalue weighted by Crippen LogP contribution is 2.49. The van der Waals surface area contributed by atoms with Gasteiger partial charge in [-0.05, 0) is 48.6 Å². The Morgan fingerprint density at radius 2 is 1.67 bits per heavy atom. The second-order valence-corrected chi connectivity index (χ2v) is 11.1. The molecule has 0 radical (unpaired) electrons. The van der Waals surface area contributed by atoms with Crippen LogP contribution in [0.5, 0.6) is 17.2 Å². The first-order chi connectivity index (χ1) is 21.5. The molecule has 8 nitrogen and oxygen atoms in total. The third-order valence-electron chi connectivity index (χ3n) is 7.58. The maximum atomic E-state index is 14.1. The highest BCUT2D eigenvalue weighted by Gasteiger charge is 2.45. The lowest BCUT2D eigenvalue weighted by Gasteiger charge is -2.27. The Morgan fingerprint density at radius 1 is 0.978 bits per heavy atom. The van der Waals surface area contributed by atoms with Crippen molar-refractivity contribution in [3.05, 3.63) is 76.8 Å². The van der Waals surface area contributed by atoms with Gasteiger partial charge in [-0.25, -0.2) is 0 Å². The number of rotatable bonds is 11. The maximum Gasteiger partial charge on any atom is 0.573 e. The molecule has 5 rings (SSSR count). The Hall–Kier alpha value is -4.12. The molecule has 1 unspecified atom stereocenters. The van der Waals surface area contributed by atoms with Gasteiger partial charge in [0.1, 0.15) is 23.3 Å². The van der Waals surface area contributed by atoms with Crippen molar-refractivity contribution in [2.24, 2.45) is 5.41 Å². The van der Waals surface area contributed by atoms with Crippen molar-refractivity contribution >= 4 is 34.9 Å². The first-order valence-electron chi connectivity index (χ1n) is 14.6. The van der Waals surface area contributed by atoms with Crippen molar-refractivity contribution in [1.29, 1.82) is 0 Å². The Labute approximate surface area is 265 Å². The van der Waals surface area contributed by atoms with E-state index in [0.29, 0.717) is 46.5 Å². The average Bonchev–Trinajstić information content (AvgIpc) is 3.66. The number of fused-ring (bicyclic) bond motifs is 1. The molecule has 3 aromatic rings. The number of alkyl halides is 3. The van der Waals surface area contributed by atoms with Crippen molar-refractivity contribution in [2.45, 2.75) is 51.9 Å². The Bertz CT molecular complexity index is 1490. The molecule has 3 aromatic carbocycles. The lowest BCUT2D eigenvalue weighted by atomic mass is 10.0. The monoisotopic (exact) mass is 648 g/mol. The van der Waals surface area contributed by atoms with Crippen LogP contribution in [-0.4, -0.2) is 45.6 Å². The number of ether oxygens (including phenoxy) is 4. The minimum absolute atomic E-state index is 0.263. The summed E-state index contributed by atoms with van der Waals surface area (Å²) in [7, 11) is 2.86. The zero-order valence-electron chi connectivity index (χ0n) is 25.5. The number of carbonyl (C=O) groups is 2. The van der Waals surface area contributed by atoms with Crippen LogP contribution in [0.2, 0.25) is 5.02 Å². The van der Waals surface area contributed by atoms with E-state index < -0.39 is 18.2 Å². The van der Waals surface area contributed by atoms with Crippen molar-refractivity contribution in [3.8, 4) is 17.2 Å². The number of anilines is 2. The van der Waals surface area contributed by atoms with Crippen LogP contribution in [0.25, 0.3) is 0 Å². The Balaban J connectivity index is 0.00000226. The van der Waals surface area contributed by atoms with Crippen LogP contribution in [0.4, 0.5) is 24.5 Å². The molecule has 1 atom stereocenters. The first-order valence-corrected chi connectivity index (χ1v) is 15.0. The number of hydrogen-bond acceptors (Lipinski definition) is 7. The molecule has 1 aliphatic carbocycles. The fourth-order valence-corrected chi connectivity index (χ4v) is 5.20. The van der Waals surface area contributed by atoms with E-state index >= 15 is 0 Å². The molecule has 1 saturated carbocycles. The molecule has 12 heteroatoms. The number of halogens is 4. The largest absolute Gasteiger partial charge is 0.573 e. The summed E-state index contributed by atoms with van der Waals surface area (Å²) in [4.78, 5) is 27.4. The van der Waals surface area contributed by atoms with E-state index in [0.717, 1.165) is 18.4 Å². The third kappa shape index (κ3) is 8.75. The predicted octanol–water partition coefficient (Wildman–Crippen LogP) is 7.74.